The second kappa shape index (κ2) is 4.27. The number of carboxylic acids is 1. The summed E-state index contributed by atoms with van der Waals surface area (Å²) in [6.07, 6.45) is 3.40. The van der Waals surface area contributed by atoms with E-state index in [9.17, 15) is 13.6 Å². The molecule has 0 radical (unpaired) electrons. The summed E-state index contributed by atoms with van der Waals surface area (Å²) in [5.74, 6) is -5.67. The van der Waals surface area contributed by atoms with E-state index in [1.807, 2.05) is 0 Å². The fraction of sp³-hybridized carbons (Fsp3) is 0.455. The second-order valence-corrected chi connectivity index (χ2v) is 3.97. The summed E-state index contributed by atoms with van der Waals surface area (Å²) >= 11 is 0. The van der Waals surface area contributed by atoms with Crippen molar-refractivity contribution in [3.05, 3.63) is 23.9 Å². The number of hydrogen-bond acceptors (Lipinski definition) is 3. The Labute approximate surface area is 96.2 Å². The number of carbonyl (C=O) groups is 1. The zero-order valence-electron chi connectivity index (χ0n) is 8.90. The highest BCUT2D eigenvalue weighted by Gasteiger charge is 2.40. The van der Waals surface area contributed by atoms with Crippen LogP contribution in [0.15, 0.2) is 18.3 Å². The van der Waals surface area contributed by atoms with Crippen LogP contribution < -0.4 is 4.74 Å². The molecule has 6 heteroatoms. The van der Waals surface area contributed by atoms with Crippen LogP contribution in [0.4, 0.5) is 8.78 Å². The van der Waals surface area contributed by atoms with E-state index in [0.29, 0.717) is 5.92 Å². The quantitative estimate of drug-likeness (QED) is 0.859. The molecule has 1 aliphatic carbocycles. The van der Waals surface area contributed by atoms with Gasteiger partial charge in [-0.25, -0.2) is 9.78 Å². The van der Waals surface area contributed by atoms with Crippen molar-refractivity contribution >= 4 is 5.97 Å². The summed E-state index contributed by atoms with van der Waals surface area (Å²) in [5, 5.41) is 8.26. The van der Waals surface area contributed by atoms with Crippen LogP contribution in [-0.2, 0) is 4.79 Å². The third kappa shape index (κ3) is 2.69. The molecule has 0 bridgehead atoms. The molecule has 1 fully saturated rings. The number of pyridine rings is 1. The van der Waals surface area contributed by atoms with Crippen molar-refractivity contribution in [2.45, 2.75) is 24.7 Å². The van der Waals surface area contributed by atoms with Gasteiger partial charge in [0.2, 0.25) is 5.88 Å². The fourth-order valence-electron chi connectivity index (χ4n) is 1.45. The van der Waals surface area contributed by atoms with Gasteiger partial charge in [0, 0.05) is 11.8 Å². The number of halogens is 2. The lowest BCUT2D eigenvalue weighted by atomic mass is 10.2. The first-order chi connectivity index (χ1) is 8.00. The van der Waals surface area contributed by atoms with E-state index in [1.54, 1.807) is 12.1 Å². The Morgan fingerprint density at radius 3 is 2.88 bits per heavy atom. The number of rotatable bonds is 5. The van der Waals surface area contributed by atoms with E-state index >= 15 is 0 Å². The predicted octanol–water partition coefficient (Wildman–Crippen LogP) is 2.06. The van der Waals surface area contributed by atoms with E-state index in [2.05, 4.69) is 4.98 Å². The van der Waals surface area contributed by atoms with E-state index in [0.717, 1.165) is 18.4 Å². The highest BCUT2D eigenvalue weighted by molar-refractivity contribution is 5.75. The molecule has 0 aromatic carbocycles. The Morgan fingerprint density at radius 2 is 2.29 bits per heavy atom. The first-order valence-corrected chi connectivity index (χ1v) is 5.19. The standard InChI is InChI=1S/C11H11F2NO3/c12-11(13,10(15)16)6-17-9-8(7-3-4-7)2-1-5-14-9/h1-2,5,7H,3-4,6H2,(H,15,16). The first-order valence-electron chi connectivity index (χ1n) is 5.19. The molecule has 1 heterocycles. The lowest BCUT2D eigenvalue weighted by Crippen LogP contribution is -2.35. The van der Waals surface area contributed by atoms with E-state index in [4.69, 9.17) is 9.84 Å². The molecule has 1 aromatic rings. The Kier molecular flexibility index (Phi) is 2.95. The molecule has 0 unspecified atom stereocenters. The zero-order chi connectivity index (χ0) is 12.5. The Balaban J connectivity index is 2.06. The summed E-state index contributed by atoms with van der Waals surface area (Å²) in [6.45, 7) is -1.20. The third-order valence-corrected chi connectivity index (χ3v) is 2.52. The molecule has 92 valence electrons. The van der Waals surface area contributed by atoms with Crippen LogP contribution in [0.5, 0.6) is 5.88 Å². The number of carboxylic acid groups (broad SMARTS) is 1. The minimum atomic E-state index is -3.89. The van der Waals surface area contributed by atoms with Gasteiger partial charge in [0.15, 0.2) is 6.61 Å². The molecule has 1 saturated carbocycles. The van der Waals surface area contributed by atoms with E-state index < -0.39 is 18.5 Å². The highest BCUT2D eigenvalue weighted by Crippen LogP contribution is 2.43. The van der Waals surface area contributed by atoms with Gasteiger partial charge in [-0.2, -0.15) is 8.78 Å². The summed E-state index contributed by atoms with van der Waals surface area (Å²) in [7, 11) is 0. The van der Waals surface area contributed by atoms with Crippen molar-refractivity contribution in [1.29, 1.82) is 0 Å². The lowest BCUT2D eigenvalue weighted by Gasteiger charge is -2.13. The highest BCUT2D eigenvalue weighted by atomic mass is 19.3. The molecule has 0 saturated heterocycles. The molecule has 1 N–H and O–H groups in total. The van der Waals surface area contributed by atoms with Crippen molar-refractivity contribution in [2.75, 3.05) is 6.61 Å². The van der Waals surface area contributed by atoms with Gasteiger partial charge in [0.1, 0.15) is 0 Å². The van der Waals surface area contributed by atoms with Crippen LogP contribution in [0.2, 0.25) is 0 Å². The molecular weight excluding hydrogens is 232 g/mol. The van der Waals surface area contributed by atoms with E-state index in [1.165, 1.54) is 6.20 Å². The maximum atomic E-state index is 12.8. The SMILES string of the molecule is O=C(O)C(F)(F)COc1ncccc1C1CC1. The normalized spacial score (nSPS) is 15.6. The molecule has 17 heavy (non-hydrogen) atoms. The predicted molar refractivity (Wildman–Crippen MR) is 54.3 cm³/mol. The summed E-state index contributed by atoms with van der Waals surface area (Å²) in [6, 6.07) is 3.47. The van der Waals surface area contributed by atoms with Gasteiger partial charge in [0.25, 0.3) is 0 Å². The van der Waals surface area contributed by atoms with Crippen molar-refractivity contribution in [3.8, 4) is 5.88 Å². The first kappa shape index (κ1) is 11.8. The van der Waals surface area contributed by atoms with Crippen molar-refractivity contribution in [3.63, 3.8) is 0 Å². The molecule has 0 aliphatic heterocycles. The van der Waals surface area contributed by atoms with Gasteiger partial charge in [-0.05, 0) is 24.8 Å². The number of aliphatic carboxylic acids is 1. The number of alkyl halides is 2. The van der Waals surface area contributed by atoms with Gasteiger partial charge < -0.3 is 9.84 Å². The van der Waals surface area contributed by atoms with Crippen LogP contribution in [-0.4, -0.2) is 28.6 Å². The second-order valence-electron chi connectivity index (χ2n) is 3.97. The average Bonchev–Trinajstić information content (AvgIpc) is 3.10. The van der Waals surface area contributed by atoms with Crippen LogP contribution in [0.1, 0.15) is 24.3 Å². The summed E-state index contributed by atoms with van der Waals surface area (Å²) in [5.41, 5.74) is 0.772. The van der Waals surface area contributed by atoms with E-state index in [-0.39, 0.29) is 5.88 Å². The van der Waals surface area contributed by atoms with Crippen LogP contribution >= 0.6 is 0 Å². The largest absolute Gasteiger partial charge is 0.477 e. The van der Waals surface area contributed by atoms with Crippen molar-refractivity contribution < 1.29 is 23.4 Å². The Bertz CT molecular complexity index is 432. The minimum Gasteiger partial charge on any atom is -0.477 e. The number of aromatic nitrogens is 1. The van der Waals surface area contributed by atoms with Crippen LogP contribution in [0.3, 0.4) is 0 Å². The van der Waals surface area contributed by atoms with Gasteiger partial charge in [0.05, 0.1) is 0 Å². The molecule has 0 atom stereocenters. The minimum absolute atomic E-state index is 0.107. The molecule has 2 rings (SSSR count). The Hall–Kier alpha value is -1.72. The van der Waals surface area contributed by atoms with Crippen LogP contribution in [0, 0.1) is 0 Å². The molecule has 4 nitrogen and oxygen atoms in total. The summed E-state index contributed by atoms with van der Waals surface area (Å²) < 4.78 is 30.5. The number of ether oxygens (including phenoxy) is 1. The maximum absolute atomic E-state index is 12.8. The van der Waals surface area contributed by atoms with Crippen molar-refractivity contribution in [2.24, 2.45) is 0 Å². The Morgan fingerprint density at radius 1 is 1.59 bits per heavy atom. The third-order valence-electron chi connectivity index (χ3n) is 2.52. The zero-order valence-corrected chi connectivity index (χ0v) is 8.90. The molecular formula is C11H11F2NO3. The van der Waals surface area contributed by atoms with Gasteiger partial charge in [-0.15, -0.1) is 0 Å². The van der Waals surface area contributed by atoms with Gasteiger partial charge >= 0.3 is 11.9 Å². The smallest absolute Gasteiger partial charge is 0.378 e. The molecule has 1 aliphatic rings. The van der Waals surface area contributed by atoms with Crippen LogP contribution in [0.25, 0.3) is 0 Å². The van der Waals surface area contributed by atoms with Crippen molar-refractivity contribution in [1.82, 2.24) is 4.98 Å². The molecule has 0 spiro atoms. The molecule has 0 amide bonds. The molecule has 1 aromatic heterocycles. The average molecular weight is 243 g/mol. The maximum Gasteiger partial charge on any atom is 0.378 e. The lowest BCUT2D eigenvalue weighted by molar-refractivity contribution is -0.168. The monoisotopic (exact) mass is 243 g/mol. The number of nitrogens with zero attached hydrogens (tertiary/aromatic N) is 1. The topological polar surface area (TPSA) is 59.4 Å². The van der Waals surface area contributed by atoms with Gasteiger partial charge in [-0.1, -0.05) is 6.07 Å². The van der Waals surface area contributed by atoms with Gasteiger partial charge in [-0.3, -0.25) is 0 Å². The fourth-order valence-corrected chi connectivity index (χ4v) is 1.45. The number of hydrogen-bond donors (Lipinski definition) is 1. The summed E-state index contributed by atoms with van der Waals surface area (Å²) in [4.78, 5) is 14.1.